The number of nitrogens with one attached hydrogen (secondary N) is 1. The maximum absolute atomic E-state index is 14.8. The maximum Gasteiger partial charge on any atom is 0.323 e. The summed E-state index contributed by atoms with van der Waals surface area (Å²) in [7, 11) is 0. The summed E-state index contributed by atoms with van der Waals surface area (Å²) in [5.41, 5.74) is 0.676. The molecule has 7 heteroatoms. The number of hydrogen-bond acceptors (Lipinski definition) is 4. The van der Waals surface area contributed by atoms with E-state index < -0.39 is 30.3 Å². The zero-order chi connectivity index (χ0) is 19.2. The predicted octanol–water partition coefficient (Wildman–Crippen LogP) is 4.05. The van der Waals surface area contributed by atoms with Crippen molar-refractivity contribution in [2.24, 2.45) is 0 Å². The van der Waals surface area contributed by atoms with Crippen LogP contribution in [0, 0.1) is 0 Å². The van der Waals surface area contributed by atoms with Gasteiger partial charge in [0.15, 0.2) is 12.4 Å². The van der Waals surface area contributed by atoms with E-state index in [1.807, 2.05) is 0 Å². The molecule has 27 heavy (non-hydrogen) atoms. The van der Waals surface area contributed by atoms with Gasteiger partial charge in [-0.15, -0.1) is 0 Å². The maximum atomic E-state index is 14.8. The number of esters is 1. The number of ether oxygens (including phenoxy) is 1. The van der Waals surface area contributed by atoms with Crippen molar-refractivity contribution in [2.75, 3.05) is 13.2 Å². The Labute approximate surface area is 163 Å². The molecule has 140 valence electrons. The largest absolute Gasteiger partial charge is 0.456 e. The van der Waals surface area contributed by atoms with Gasteiger partial charge in [0, 0.05) is 21.2 Å². The number of alkyl halides is 2. The second-order valence-corrected chi connectivity index (χ2v) is 7.62. The van der Waals surface area contributed by atoms with E-state index >= 15 is 0 Å². The van der Waals surface area contributed by atoms with Gasteiger partial charge in [0.25, 0.3) is 5.92 Å². The van der Waals surface area contributed by atoms with Crippen LogP contribution >= 0.6 is 15.9 Å². The van der Waals surface area contributed by atoms with Crippen LogP contribution in [0.1, 0.15) is 34.3 Å². The molecular weight excluding hydrogens is 420 g/mol. The molecular formula is C20H16BrF2NO3. The minimum Gasteiger partial charge on any atom is -0.456 e. The Bertz CT molecular complexity index is 939. The quantitative estimate of drug-likeness (QED) is 0.581. The van der Waals surface area contributed by atoms with E-state index in [1.165, 1.54) is 24.3 Å². The molecule has 0 unspecified atom stereocenters. The van der Waals surface area contributed by atoms with Crippen LogP contribution in [0.15, 0.2) is 40.9 Å². The van der Waals surface area contributed by atoms with Crippen molar-refractivity contribution < 1.29 is 23.1 Å². The van der Waals surface area contributed by atoms with E-state index in [2.05, 4.69) is 21.2 Å². The highest BCUT2D eigenvalue weighted by atomic mass is 79.9. The van der Waals surface area contributed by atoms with Gasteiger partial charge in [0.05, 0.1) is 0 Å². The molecule has 4 rings (SSSR count). The number of halogens is 3. The van der Waals surface area contributed by atoms with Crippen LogP contribution in [0.25, 0.3) is 11.1 Å². The molecule has 1 aliphatic heterocycles. The molecule has 0 spiro atoms. The van der Waals surface area contributed by atoms with Gasteiger partial charge in [-0.2, -0.15) is 8.78 Å². The number of benzene rings is 2. The Morgan fingerprint density at radius 1 is 1.15 bits per heavy atom. The molecule has 1 atom stereocenters. The first-order valence-electron chi connectivity index (χ1n) is 8.64. The van der Waals surface area contributed by atoms with Crippen molar-refractivity contribution in [1.29, 1.82) is 0 Å². The monoisotopic (exact) mass is 435 g/mol. The fraction of sp³-hybridized carbons (Fsp3) is 0.300. The molecule has 0 saturated carbocycles. The molecule has 2 aromatic carbocycles. The van der Waals surface area contributed by atoms with Gasteiger partial charge in [-0.3, -0.25) is 9.59 Å². The number of Topliss-reactive ketones (excluding diaryl/α,β-unsaturated/α-hetero) is 1. The number of hydrogen-bond donors (Lipinski definition) is 1. The summed E-state index contributed by atoms with van der Waals surface area (Å²) in [5, 5.41) is 2.99. The highest BCUT2D eigenvalue weighted by Crippen LogP contribution is 2.51. The molecule has 0 radical (unpaired) electrons. The first-order valence-corrected chi connectivity index (χ1v) is 9.43. The Morgan fingerprint density at radius 2 is 1.85 bits per heavy atom. The average molecular weight is 436 g/mol. The third-order valence-corrected chi connectivity index (χ3v) is 5.47. The molecule has 1 saturated heterocycles. The standard InChI is InChI=1S/C20H16BrF2NO3/c21-12-4-6-14-13-5-3-11(8-15(13)20(22,23)16(14)9-12)18(25)10-27-19(26)17-2-1-7-24-17/h3-6,8-9,17,24H,1-2,7,10H2/t17-/m0/s1. The third kappa shape index (κ3) is 3.19. The lowest BCUT2D eigenvalue weighted by molar-refractivity contribution is -0.144. The van der Waals surface area contributed by atoms with Crippen LogP contribution in [0.2, 0.25) is 0 Å². The van der Waals surface area contributed by atoms with Gasteiger partial charge in [0.2, 0.25) is 0 Å². The van der Waals surface area contributed by atoms with Gasteiger partial charge in [-0.1, -0.05) is 34.1 Å². The van der Waals surface area contributed by atoms with Crippen molar-refractivity contribution in [2.45, 2.75) is 24.8 Å². The first-order chi connectivity index (χ1) is 12.9. The molecule has 1 aliphatic carbocycles. The SMILES string of the molecule is O=C(COC(=O)[C@@H]1CCCN1)c1ccc2c(c1)C(F)(F)c1cc(Br)ccc1-2. The fourth-order valence-electron chi connectivity index (χ4n) is 3.57. The molecule has 0 bridgehead atoms. The fourth-order valence-corrected chi connectivity index (χ4v) is 3.94. The van der Waals surface area contributed by atoms with Crippen LogP contribution < -0.4 is 5.32 Å². The first kappa shape index (κ1) is 18.3. The normalized spacial score (nSPS) is 19.4. The summed E-state index contributed by atoms with van der Waals surface area (Å²) in [6, 6.07) is 8.57. The number of rotatable bonds is 4. The Hall–Kier alpha value is -2.12. The molecule has 0 aromatic heterocycles. The summed E-state index contributed by atoms with van der Waals surface area (Å²) in [6.45, 7) is 0.282. The van der Waals surface area contributed by atoms with Crippen LogP contribution in [0.4, 0.5) is 8.78 Å². The van der Waals surface area contributed by atoms with E-state index in [0.29, 0.717) is 22.0 Å². The van der Waals surface area contributed by atoms with E-state index in [9.17, 15) is 18.4 Å². The van der Waals surface area contributed by atoms with Gasteiger partial charge >= 0.3 is 5.97 Å². The van der Waals surface area contributed by atoms with Crippen molar-refractivity contribution >= 4 is 27.7 Å². The number of ketones is 1. The molecule has 0 amide bonds. The molecule has 1 N–H and O–H groups in total. The van der Waals surface area contributed by atoms with E-state index in [-0.39, 0.29) is 16.7 Å². The van der Waals surface area contributed by atoms with Crippen molar-refractivity contribution in [1.82, 2.24) is 5.32 Å². The highest BCUT2D eigenvalue weighted by molar-refractivity contribution is 9.10. The smallest absolute Gasteiger partial charge is 0.323 e. The molecule has 2 aliphatic rings. The van der Waals surface area contributed by atoms with Crippen LogP contribution in [-0.2, 0) is 15.5 Å². The minimum atomic E-state index is -3.19. The van der Waals surface area contributed by atoms with E-state index in [4.69, 9.17) is 4.74 Å². The summed E-state index contributed by atoms with van der Waals surface area (Å²) in [6.07, 6.45) is 1.55. The van der Waals surface area contributed by atoms with Crippen molar-refractivity contribution in [3.8, 4) is 11.1 Å². The molecule has 4 nitrogen and oxygen atoms in total. The second-order valence-electron chi connectivity index (χ2n) is 6.70. The lowest BCUT2D eigenvalue weighted by Crippen LogP contribution is -2.33. The summed E-state index contributed by atoms with van der Waals surface area (Å²) in [5.74, 6) is -4.17. The Morgan fingerprint density at radius 3 is 2.56 bits per heavy atom. The van der Waals surface area contributed by atoms with E-state index in [1.54, 1.807) is 12.1 Å². The zero-order valence-corrected chi connectivity index (χ0v) is 15.8. The van der Waals surface area contributed by atoms with Gasteiger partial charge < -0.3 is 10.1 Å². The summed E-state index contributed by atoms with van der Waals surface area (Å²) >= 11 is 3.22. The van der Waals surface area contributed by atoms with Gasteiger partial charge in [-0.25, -0.2) is 0 Å². The zero-order valence-electron chi connectivity index (χ0n) is 14.2. The van der Waals surface area contributed by atoms with E-state index in [0.717, 1.165) is 13.0 Å². The molecule has 1 heterocycles. The lowest BCUT2D eigenvalue weighted by atomic mass is 10.0. The average Bonchev–Trinajstić information content (AvgIpc) is 3.26. The summed E-state index contributed by atoms with van der Waals surface area (Å²) < 4.78 is 35.3. The van der Waals surface area contributed by atoms with Crippen LogP contribution in [0.3, 0.4) is 0 Å². The lowest BCUT2D eigenvalue weighted by Gasteiger charge is -2.13. The topological polar surface area (TPSA) is 55.4 Å². The predicted molar refractivity (Wildman–Crippen MR) is 98.9 cm³/mol. The molecule has 2 aromatic rings. The summed E-state index contributed by atoms with van der Waals surface area (Å²) in [4.78, 5) is 24.2. The van der Waals surface area contributed by atoms with Crippen molar-refractivity contribution in [3.05, 3.63) is 57.6 Å². The van der Waals surface area contributed by atoms with Crippen LogP contribution in [0.5, 0.6) is 0 Å². The second kappa shape index (κ2) is 6.80. The number of fused-ring (bicyclic) bond motifs is 3. The van der Waals surface area contributed by atoms with Crippen LogP contribution in [-0.4, -0.2) is 30.9 Å². The molecule has 1 fully saturated rings. The number of carbonyl (C=O) groups excluding carboxylic acids is 2. The minimum absolute atomic E-state index is 0.0878. The Kier molecular flexibility index (Phi) is 4.60. The van der Waals surface area contributed by atoms with Gasteiger partial charge in [-0.05, 0) is 48.7 Å². The van der Waals surface area contributed by atoms with Gasteiger partial charge in [0.1, 0.15) is 6.04 Å². The third-order valence-electron chi connectivity index (χ3n) is 4.98. The number of carbonyl (C=O) groups is 2. The highest BCUT2D eigenvalue weighted by Gasteiger charge is 2.44. The Balaban J connectivity index is 1.55. The van der Waals surface area contributed by atoms with Crippen molar-refractivity contribution in [3.63, 3.8) is 0 Å².